The summed E-state index contributed by atoms with van der Waals surface area (Å²) in [7, 11) is 0. The lowest BCUT2D eigenvalue weighted by molar-refractivity contribution is -0.125. The van der Waals surface area contributed by atoms with Gasteiger partial charge in [0.15, 0.2) is 0 Å². The minimum absolute atomic E-state index is 0.0837. The minimum atomic E-state index is 0.0837. The van der Waals surface area contributed by atoms with Gasteiger partial charge in [-0.15, -0.1) is 0 Å². The van der Waals surface area contributed by atoms with E-state index in [9.17, 15) is 4.79 Å². The number of aromatic nitrogens is 2. The Morgan fingerprint density at radius 3 is 2.96 bits per heavy atom. The predicted octanol–water partition coefficient (Wildman–Crippen LogP) is 2.92. The molecule has 2 aromatic rings. The number of aryl methyl sites for hydroxylation is 2. The van der Waals surface area contributed by atoms with Crippen molar-refractivity contribution < 1.29 is 4.79 Å². The van der Waals surface area contributed by atoms with Crippen LogP contribution in [0.25, 0.3) is 0 Å². The van der Waals surface area contributed by atoms with Crippen molar-refractivity contribution in [2.45, 2.75) is 58.7 Å². The van der Waals surface area contributed by atoms with E-state index >= 15 is 0 Å². The third-order valence-corrected chi connectivity index (χ3v) is 5.84. The van der Waals surface area contributed by atoms with Crippen molar-refractivity contribution in [3.63, 3.8) is 0 Å². The van der Waals surface area contributed by atoms with E-state index < -0.39 is 0 Å². The van der Waals surface area contributed by atoms with Crippen LogP contribution < -0.4 is 5.32 Å². The number of rotatable bonds is 5. The van der Waals surface area contributed by atoms with E-state index in [0.29, 0.717) is 6.54 Å². The lowest BCUT2D eigenvalue weighted by atomic mass is 9.83. The van der Waals surface area contributed by atoms with Gasteiger partial charge in [-0.2, -0.15) is 5.10 Å². The molecule has 0 fully saturated rings. The van der Waals surface area contributed by atoms with Crippen molar-refractivity contribution in [1.82, 2.24) is 20.0 Å². The molecule has 27 heavy (non-hydrogen) atoms. The molecule has 0 bridgehead atoms. The molecular formula is C22H30N4O. The van der Waals surface area contributed by atoms with Crippen LogP contribution in [0.15, 0.2) is 30.3 Å². The van der Waals surface area contributed by atoms with Crippen LogP contribution in [0.4, 0.5) is 0 Å². The molecule has 0 spiro atoms. The van der Waals surface area contributed by atoms with Crippen LogP contribution in [0.3, 0.4) is 0 Å². The SMILES string of the molecule is CCCN1CCCn2nc(CNC(=O)[C@@H]3CCc4ccccc4C3)cc2C1. The highest BCUT2D eigenvalue weighted by Crippen LogP contribution is 2.25. The molecule has 1 aromatic carbocycles. The minimum Gasteiger partial charge on any atom is -0.350 e. The summed E-state index contributed by atoms with van der Waals surface area (Å²) < 4.78 is 2.13. The van der Waals surface area contributed by atoms with Crippen LogP contribution in [-0.2, 0) is 37.3 Å². The second-order valence-electron chi connectivity index (χ2n) is 7.91. The highest BCUT2D eigenvalue weighted by molar-refractivity contribution is 5.79. The Kier molecular flexibility index (Phi) is 5.58. The van der Waals surface area contributed by atoms with Gasteiger partial charge in [-0.1, -0.05) is 31.2 Å². The zero-order valence-electron chi connectivity index (χ0n) is 16.3. The molecule has 1 atom stereocenters. The summed E-state index contributed by atoms with van der Waals surface area (Å²) in [5.74, 6) is 0.251. The molecule has 1 amide bonds. The molecule has 1 aromatic heterocycles. The lowest BCUT2D eigenvalue weighted by Crippen LogP contribution is -2.33. The van der Waals surface area contributed by atoms with Crippen LogP contribution in [0.1, 0.15) is 48.7 Å². The van der Waals surface area contributed by atoms with Crippen LogP contribution >= 0.6 is 0 Å². The Labute approximate surface area is 161 Å². The highest BCUT2D eigenvalue weighted by Gasteiger charge is 2.24. The second-order valence-corrected chi connectivity index (χ2v) is 7.91. The van der Waals surface area contributed by atoms with Crippen molar-refractivity contribution in [2.75, 3.05) is 13.1 Å². The number of carbonyl (C=O) groups excluding carboxylic acids is 1. The third-order valence-electron chi connectivity index (χ3n) is 5.84. The molecule has 4 rings (SSSR count). The topological polar surface area (TPSA) is 50.2 Å². The third kappa shape index (κ3) is 4.24. The number of nitrogens with one attached hydrogen (secondary N) is 1. The molecule has 1 N–H and O–H groups in total. The van der Waals surface area contributed by atoms with E-state index in [4.69, 9.17) is 5.10 Å². The van der Waals surface area contributed by atoms with E-state index in [1.807, 2.05) is 0 Å². The van der Waals surface area contributed by atoms with Gasteiger partial charge in [-0.3, -0.25) is 14.4 Å². The Hall–Kier alpha value is -2.14. The summed E-state index contributed by atoms with van der Waals surface area (Å²) in [5, 5.41) is 7.87. The monoisotopic (exact) mass is 366 g/mol. The van der Waals surface area contributed by atoms with Gasteiger partial charge >= 0.3 is 0 Å². The standard InChI is InChI=1S/C22H30N4O/c1-2-10-25-11-5-12-26-21(16-25)14-20(24-26)15-23-22(27)19-9-8-17-6-3-4-7-18(17)13-19/h3-4,6-7,14,19H,2,5,8-13,15-16H2,1H3,(H,23,27)/t19-/m1/s1. The fourth-order valence-electron chi connectivity index (χ4n) is 4.43. The molecule has 5 nitrogen and oxygen atoms in total. The van der Waals surface area contributed by atoms with E-state index in [1.165, 1.54) is 23.2 Å². The zero-order valence-corrected chi connectivity index (χ0v) is 16.3. The van der Waals surface area contributed by atoms with Crippen molar-refractivity contribution in [3.05, 3.63) is 52.8 Å². The number of hydrogen-bond donors (Lipinski definition) is 1. The zero-order chi connectivity index (χ0) is 18.6. The van der Waals surface area contributed by atoms with Gasteiger partial charge in [0.1, 0.15) is 0 Å². The van der Waals surface area contributed by atoms with Crippen molar-refractivity contribution >= 4 is 5.91 Å². The van der Waals surface area contributed by atoms with E-state index in [-0.39, 0.29) is 11.8 Å². The van der Waals surface area contributed by atoms with Crippen LogP contribution in [0, 0.1) is 5.92 Å². The molecule has 0 saturated heterocycles. The molecule has 1 aliphatic carbocycles. The molecule has 0 radical (unpaired) electrons. The second kappa shape index (κ2) is 8.26. The first-order chi connectivity index (χ1) is 13.2. The van der Waals surface area contributed by atoms with Crippen molar-refractivity contribution in [2.24, 2.45) is 5.92 Å². The maximum atomic E-state index is 12.7. The molecule has 0 unspecified atom stereocenters. The fourth-order valence-corrected chi connectivity index (χ4v) is 4.43. The fraction of sp³-hybridized carbons (Fsp3) is 0.545. The number of nitrogens with zero attached hydrogens (tertiary/aromatic N) is 3. The average Bonchev–Trinajstić information content (AvgIpc) is 2.97. The summed E-state index contributed by atoms with van der Waals surface area (Å²) >= 11 is 0. The van der Waals surface area contributed by atoms with Gasteiger partial charge in [0.25, 0.3) is 0 Å². The molecule has 144 valence electrons. The Balaban J connectivity index is 1.34. The number of benzene rings is 1. The van der Waals surface area contributed by atoms with Gasteiger partial charge in [-0.25, -0.2) is 0 Å². The quantitative estimate of drug-likeness (QED) is 0.885. The molecule has 2 heterocycles. The highest BCUT2D eigenvalue weighted by atomic mass is 16.1. The smallest absolute Gasteiger partial charge is 0.223 e. The van der Waals surface area contributed by atoms with Crippen molar-refractivity contribution in [3.8, 4) is 0 Å². The maximum absolute atomic E-state index is 12.7. The lowest BCUT2D eigenvalue weighted by Gasteiger charge is -2.23. The molecule has 2 aliphatic rings. The van der Waals surface area contributed by atoms with Gasteiger partial charge < -0.3 is 5.32 Å². The first-order valence-corrected chi connectivity index (χ1v) is 10.4. The van der Waals surface area contributed by atoms with Crippen LogP contribution in [-0.4, -0.2) is 33.7 Å². The largest absolute Gasteiger partial charge is 0.350 e. The normalized spacial score (nSPS) is 19.8. The number of hydrogen-bond acceptors (Lipinski definition) is 3. The molecule has 5 heteroatoms. The van der Waals surface area contributed by atoms with E-state index in [0.717, 1.165) is 57.6 Å². The van der Waals surface area contributed by atoms with Crippen LogP contribution in [0.2, 0.25) is 0 Å². The van der Waals surface area contributed by atoms with Crippen molar-refractivity contribution in [1.29, 1.82) is 0 Å². The van der Waals surface area contributed by atoms with Gasteiger partial charge in [-0.05, 0) is 55.8 Å². The maximum Gasteiger partial charge on any atom is 0.223 e. The number of carbonyl (C=O) groups is 1. The molecular weight excluding hydrogens is 336 g/mol. The summed E-state index contributed by atoms with van der Waals surface area (Å²) in [5.41, 5.74) is 4.98. The predicted molar refractivity (Wildman–Crippen MR) is 106 cm³/mol. The summed E-state index contributed by atoms with van der Waals surface area (Å²) in [4.78, 5) is 15.2. The summed E-state index contributed by atoms with van der Waals surface area (Å²) in [6, 6.07) is 10.7. The number of amides is 1. The van der Waals surface area contributed by atoms with Gasteiger partial charge in [0, 0.05) is 25.6 Å². The van der Waals surface area contributed by atoms with E-state index in [1.54, 1.807) is 0 Å². The van der Waals surface area contributed by atoms with Crippen LogP contribution in [0.5, 0.6) is 0 Å². The Morgan fingerprint density at radius 1 is 1.26 bits per heavy atom. The first-order valence-electron chi connectivity index (χ1n) is 10.4. The Bertz CT molecular complexity index is 797. The van der Waals surface area contributed by atoms with Gasteiger partial charge in [0.05, 0.1) is 17.9 Å². The number of fused-ring (bicyclic) bond motifs is 2. The van der Waals surface area contributed by atoms with Gasteiger partial charge in [0.2, 0.25) is 5.91 Å². The average molecular weight is 367 g/mol. The Morgan fingerprint density at radius 2 is 2.11 bits per heavy atom. The summed E-state index contributed by atoms with van der Waals surface area (Å²) in [6.07, 6.45) is 5.12. The molecule has 1 aliphatic heterocycles. The molecule has 0 saturated carbocycles. The van der Waals surface area contributed by atoms with E-state index in [2.05, 4.69) is 52.2 Å². The summed E-state index contributed by atoms with van der Waals surface area (Å²) in [6.45, 7) is 6.99. The first kappa shape index (κ1) is 18.2.